The lowest BCUT2D eigenvalue weighted by Gasteiger charge is -2.18. The molecule has 0 aromatic rings. The van der Waals surface area contributed by atoms with Gasteiger partial charge in [-0.15, -0.1) is 0 Å². The number of unbranched alkanes of at least 4 members (excludes halogenated alkanes) is 22. The molecule has 0 aromatic heterocycles. The molecule has 0 heterocycles. The SMILES string of the molecule is CC/C=C\C/C=C\C/C=C\C/C=C\C/C=C\C/C=C\CCC(=O)OCC(COC(=O)CCC/C=C\C/C=C\C/C=C\CCCCCCCC)OC(=O)CCCCCCCCC/C=C\CCCCCCCCCC. The van der Waals surface area contributed by atoms with Crippen LogP contribution < -0.4 is 0 Å². The summed E-state index contributed by atoms with van der Waals surface area (Å²) in [7, 11) is 0. The van der Waals surface area contributed by atoms with Crippen molar-refractivity contribution in [3.05, 3.63) is 122 Å². The van der Waals surface area contributed by atoms with E-state index in [0.29, 0.717) is 19.3 Å². The molecule has 73 heavy (non-hydrogen) atoms. The van der Waals surface area contributed by atoms with Crippen LogP contribution in [-0.2, 0) is 28.6 Å². The fourth-order valence-corrected chi connectivity index (χ4v) is 7.95. The Hall–Kier alpha value is -4.19. The Bertz CT molecular complexity index is 1540. The molecule has 414 valence electrons. The summed E-state index contributed by atoms with van der Waals surface area (Å²) in [5, 5.41) is 0. The van der Waals surface area contributed by atoms with E-state index in [4.69, 9.17) is 14.2 Å². The second-order valence-corrected chi connectivity index (χ2v) is 19.5. The maximum atomic E-state index is 12.9. The fourth-order valence-electron chi connectivity index (χ4n) is 7.95. The molecule has 0 saturated carbocycles. The molecule has 0 bridgehead atoms. The normalized spacial score (nSPS) is 13.0. The van der Waals surface area contributed by atoms with Crippen molar-refractivity contribution in [3.8, 4) is 0 Å². The number of rotatable bonds is 53. The number of esters is 3. The van der Waals surface area contributed by atoms with E-state index in [2.05, 4.69) is 136 Å². The van der Waals surface area contributed by atoms with Crippen molar-refractivity contribution in [3.63, 3.8) is 0 Å². The Kier molecular flexibility index (Phi) is 56.9. The maximum absolute atomic E-state index is 12.9. The van der Waals surface area contributed by atoms with Gasteiger partial charge in [-0.1, -0.05) is 251 Å². The van der Waals surface area contributed by atoms with Crippen LogP contribution in [0.25, 0.3) is 0 Å². The van der Waals surface area contributed by atoms with E-state index in [1.54, 1.807) is 0 Å². The zero-order valence-corrected chi connectivity index (χ0v) is 47.4. The molecule has 0 aliphatic heterocycles. The average molecular weight is 1010 g/mol. The second-order valence-electron chi connectivity index (χ2n) is 19.5. The highest BCUT2D eigenvalue weighted by Crippen LogP contribution is 2.14. The largest absolute Gasteiger partial charge is 0.462 e. The number of hydrogen-bond donors (Lipinski definition) is 0. The van der Waals surface area contributed by atoms with Gasteiger partial charge in [0.05, 0.1) is 0 Å². The smallest absolute Gasteiger partial charge is 0.306 e. The van der Waals surface area contributed by atoms with Crippen molar-refractivity contribution in [1.82, 2.24) is 0 Å². The summed E-state index contributed by atoms with van der Waals surface area (Å²) in [5.41, 5.74) is 0. The zero-order valence-electron chi connectivity index (χ0n) is 47.4. The summed E-state index contributed by atoms with van der Waals surface area (Å²) in [6, 6.07) is 0. The van der Waals surface area contributed by atoms with E-state index < -0.39 is 6.10 Å². The van der Waals surface area contributed by atoms with Gasteiger partial charge in [0, 0.05) is 19.3 Å². The number of carbonyl (C=O) groups excluding carboxylic acids is 3. The van der Waals surface area contributed by atoms with Crippen molar-refractivity contribution in [1.29, 1.82) is 0 Å². The molecular weight excluding hydrogens is 901 g/mol. The van der Waals surface area contributed by atoms with Crippen molar-refractivity contribution in [2.24, 2.45) is 0 Å². The summed E-state index contributed by atoms with van der Waals surface area (Å²) in [6.45, 7) is 6.41. The minimum atomic E-state index is -0.835. The Labute approximate surface area is 450 Å². The molecule has 1 unspecified atom stereocenters. The van der Waals surface area contributed by atoms with E-state index in [-0.39, 0.29) is 44.0 Å². The summed E-state index contributed by atoms with van der Waals surface area (Å²) < 4.78 is 16.8. The van der Waals surface area contributed by atoms with Crippen LogP contribution in [0.1, 0.15) is 265 Å². The predicted octanol–water partition coefficient (Wildman–Crippen LogP) is 20.4. The van der Waals surface area contributed by atoms with E-state index in [9.17, 15) is 14.4 Å². The molecule has 0 N–H and O–H groups in total. The zero-order chi connectivity index (χ0) is 52.9. The van der Waals surface area contributed by atoms with Gasteiger partial charge >= 0.3 is 17.9 Å². The van der Waals surface area contributed by atoms with Gasteiger partial charge in [0.2, 0.25) is 0 Å². The Morgan fingerprint density at radius 1 is 0.288 bits per heavy atom. The molecular formula is C67H110O6. The maximum Gasteiger partial charge on any atom is 0.306 e. The molecule has 0 aliphatic carbocycles. The molecule has 0 radical (unpaired) electrons. The summed E-state index contributed by atoms with van der Waals surface area (Å²) in [5.74, 6) is -1.07. The number of allylic oxidation sites excluding steroid dienone is 20. The number of ether oxygens (including phenoxy) is 3. The first-order valence-corrected chi connectivity index (χ1v) is 30.0. The summed E-state index contributed by atoms with van der Waals surface area (Å²) in [4.78, 5) is 38.2. The molecule has 6 nitrogen and oxygen atoms in total. The standard InChI is InChI=1S/C67H110O6/c1-4-7-10-13-16-19-22-25-28-31-33-36-39-42-45-48-51-54-57-60-66(69)72-63-64(62-71-65(68)59-56-53-50-47-44-41-38-35-30-27-24-21-18-15-12-9-6-3)73-67(70)61-58-55-52-49-46-43-40-37-34-32-29-26-23-20-17-14-11-8-5-2/h7,10,16,19,25,27-28,30,32-34,36,38,41-42,45,47,50-51,54,64H,4-6,8-9,11-15,17-18,20-24,26,29,31,35,37,39-40,43-44,46,48-49,52-53,55-63H2,1-3H3/b10-7-,19-16-,28-25-,30-27-,34-32-,36-33-,41-38-,45-42-,50-47-,54-51-. The minimum Gasteiger partial charge on any atom is -0.462 e. The molecule has 0 aromatic carbocycles. The molecule has 0 spiro atoms. The lowest BCUT2D eigenvalue weighted by Crippen LogP contribution is -2.30. The van der Waals surface area contributed by atoms with Crippen LogP contribution >= 0.6 is 0 Å². The van der Waals surface area contributed by atoms with Gasteiger partial charge < -0.3 is 14.2 Å². The highest BCUT2D eigenvalue weighted by atomic mass is 16.6. The Morgan fingerprint density at radius 3 is 0.973 bits per heavy atom. The van der Waals surface area contributed by atoms with E-state index in [1.165, 1.54) is 135 Å². The van der Waals surface area contributed by atoms with Gasteiger partial charge in [0.25, 0.3) is 0 Å². The molecule has 0 amide bonds. The van der Waals surface area contributed by atoms with E-state index in [1.807, 2.05) is 6.08 Å². The van der Waals surface area contributed by atoms with Crippen LogP contribution in [-0.4, -0.2) is 37.2 Å². The first-order valence-electron chi connectivity index (χ1n) is 30.0. The van der Waals surface area contributed by atoms with Crippen molar-refractivity contribution in [2.75, 3.05) is 13.2 Å². The summed E-state index contributed by atoms with van der Waals surface area (Å²) >= 11 is 0. The third-order valence-corrected chi connectivity index (χ3v) is 12.4. The van der Waals surface area contributed by atoms with Crippen LogP contribution in [0.15, 0.2) is 122 Å². The molecule has 1 atom stereocenters. The monoisotopic (exact) mass is 1010 g/mol. The fraction of sp³-hybridized carbons (Fsp3) is 0.657. The highest BCUT2D eigenvalue weighted by molar-refractivity contribution is 5.71. The molecule has 6 heteroatoms. The third-order valence-electron chi connectivity index (χ3n) is 12.4. The van der Waals surface area contributed by atoms with Gasteiger partial charge in [0.15, 0.2) is 6.10 Å². The van der Waals surface area contributed by atoms with Gasteiger partial charge in [-0.05, 0) is 116 Å². The van der Waals surface area contributed by atoms with Gasteiger partial charge in [-0.3, -0.25) is 14.4 Å². The van der Waals surface area contributed by atoms with Gasteiger partial charge in [-0.2, -0.15) is 0 Å². The first-order chi connectivity index (χ1) is 36.0. The van der Waals surface area contributed by atoms with Crippen LogP contribution in [0.2, 0.25) is 0 Å². The average Bonchev–Trinajstić information content (AvgIpc) is 3.39. The molecule has 0 fully saturated rings. The molecule has 0 saturated heterocycles. The minimum absolute atomic E-state index is 0.132. The lowest BCUT2D eigenvalue weighted by molar-refractivity contribution is -0.166. The lowest BCUT2D eigenvalue weighted by atomic mass is 10.1. The Morgan fingerprint density at radius 2 is 0.575 bits per heavy atom. The third kappa shape index (κ3) is 58.6. The van der Waals surface area contributed by atoms with Crippen LogP contribution in [0.4, 0.5) is 0 Å². The van der Waals surface area contributed by atoms with Crippen molar-refractivity contribution in [2.45, 2.75) is 271 Å². The summed E-state index contributed by atoms with van der Waals surface area (Å²) in [6.07, 6.45) is 83.5. The predicted molar refractivity (Wildman–Crippen MR) is 316 cm³/mol. The van der Waals surface area contributed by atoms with Gasteiger partial charge in [-0.25, -0.2) is 0 Å². The highest BCUT2D eigenvalue weighted by Gasteiger charge is 2.19. The Balaban J connectivity index is 4.58. The van der Waals surface area contributed by atoms with Crippen LogP contribution in [0, 0.1) is 0 Å². The van der Waals surface area contributed by atoms with Gasteiger partial charge in [0.1, 0.15) is 13.2 Å². The first kappa shape index (κ1) is 68.8. The quantitative estimate of drug-likeness (QED) is 0.0261. The number of hydrogen-bond acceptors (Lipinski definition) is 6. The van der Waals surface area contributed by atoms with Crippen LogP contribution in [0.3, 0.4) is 0 Å². The second kappa shape index (κ2) is 60.4. The van der Waals surface area contributed by atoms with E-state index in [0.717, 1.165) is 77.0 Å². The molecule has 0 rings (SSSR count). The van der Waals surface area contributed by atoms with Crippen molar-refractivity contribution < 1.29 is 28.6 Å². The van der Waals surface area contributed by atoms with E-state index >= 15 is 0 Å². The van der Waals surface area contributed by atoms with Crippen LogP contribution in [0.5, 0.6) is 0 Å². The van der Waals surface area contributed by atoms with Crippen molar-refractivity contribution >= 4 is 17.9 Å². The number of carbonyl (C=O) groups is 3. The topological polar surface area (TPSA) is 78.9 Å². The molecule has 0 aliphatic rings.